The summed E-state index contributed by atoms with van der Waals surface area (Å²) in [5, 5.41) is 0. The fourth-order valence-electron chi connectivity index (χ4n) is 0.866. The van der Waals surface area contributed by atoms with E-state index in [9.17, 15) is 43.9 Å². The molecule has 0 nitrogen and oxygen atoms in total. The second-order valence-electron chi connectivity index (χ2n) is 3.94. The van der Waals surface area contributed by atoms with E-state index in [4.69, 9.17) is 0 Å². The molecule has 0 aliphatic carbocycles. The van der Waals surface area contributed by atoms with E-state index in [1.807, 2.05) is 0 Å². The van der Waals surface area contributed by atoms with Gasteiger partial charge in [-0.25, -0.2) is 8.78 Å². The lowest BCUT2D eigenvalue weighted by Crippen LogP contribution is -2.56. The average molecular weight is 294 g/mol. The smallest absolute Gasteiger partial charge is 0.200 e. The average Bonchev–Trinajstić information content (AvgIpc) is 1.96. The number of hydrogen-bond donors (Lipinski definition) is 0. The van der Waals surface area contributed by atoms with E-state index in [1.165, 1.54) is 0 Å². The minimum atomic E-state index is -6.17. The highest BCUT2D eigenvalue weighted by Gasteiger charge is 2.73. The summed E-state index contributed by atoms with van der Waals surface area (Å²) in [7, 11) is 0. The molecule has 0 aromatic heterocycles. The highest BCUT2D eigenvalue weighted by Crippen LogP contribution is 2.51. The molecule has 0 heterocycles. The molecular weight excluding hydrogens is 286 g/mol. The van der Waals surface area contributed by atoms with Crippen LogP contribution in [0.3, 0.4) is 0 Å². The Bertz CT molecular complexity index is 294. The Morgan fingerprint density at radius 1 is 0.556 bits per heavy atom. The van der Waals surface area contributed by atoms with Crippen LogP contribution >= 0.6 is 0 Å². The Hall–Kier alpha value is -0.700. The van der Waals surface area contributed by atoms with Gasteiger partial charge in [-0.1, -0.05) is 0 Å². The summed E-state index contributed by atoms with van der Waals surface area (Å²) >= 11 is 0. The van der Waals surface area contributed by atoms with Gasteiger partial charge in [-0.05, 0) is 0 Å². The molecule has 0 spiro atoms. The molecule has 0 aliphatic heterocycles. The number of rotatable bonds is 5. The maximum absolute atomic E-state index is 12.7. The van der Waals surface area contributed by atoms with Gasteiger partial charge in [0.05, 0.1) is 6.42 Å². The Morgan fingerprint density at radius 3 is 1.11 bits per heavy atom. The summed E-state index contributed by atoms with van der Waals surface area (Å²) in [6, 6.07) is 0. The first-order chi connectivity index (χ1) is 7.46. The van der Waals surface area contributed by atoms with E-state index < -0.39 is 49.9 Å². The fraction of sp³-hybridized carbons (Fsp3) is 1.00. The normalized spacial score (nSPS) is 16.0. The third-order valence-corrected chi connectivity index (χ3v) is 2.10. The van der Waals surface area contributed by atoms with Gasteiger partial charge in [0.25, 0.3) is 0 Å². The van der Waals surface area contributed by atoms with Gasteiger partial charge in [0.2, 0.25) is 0 Å². The van der Waals surface area contributed by atoms with E-state index >= 15 is 0 Å². The summed E-state index contributed by atoms with van der Waals surface area (Å²) in [5.41, 5.74) is 0. The van der Waals surface area contributed by atoms with Crippen LogP contribution in [0.2, 0.25) is 0 Å². The highest BCUT2D eigenvalue weighted by atomic mass is 19.3. The van der Waals surface area contributed by atoms with Crippen molar-refractivity contribution in [3.8, 4) is 0 Å². The van der Waals surface area contributed by atoms with Crippen molar-refractivity contribution in [2.75, 3.05) is 0 Å². The Labute approximate surface area is 94.9 Å². The van der Waals surface area contributed by atoms with Crippen LogP contribution in [0.1, 0.15) is 20.3 Å². The first kappa shape index (κ1) is 17.3. The summed E-state index contributed by atoms with van der Waals surface area (Å²) in [6.07, 6.45) is -3.39. The molecule has 0 radical (unpaired) electrons. The van der Waals surface area contributed by atoms with E-state index in [-0.39, 0.29) is 0 Å². The van der Waals surface area contributed by atoms with E-state index in [2.05, 4.69) is 0 Å². The van der Waals surface area contributed by atoms with Gasteiger partial charge in [-0.15, -0.1) is 0 Å². The van der Waals surface area contributed by atoms with Crippen LogP contribution in [-0.2, 0) is 0 Å². The van der Waals surface area contributed by atoms with Crippen molar-refractivity contribution in [1.82, 2.24) is 0 Å². The second-order valence-corrected chi connectivity index (χ2v) is 3.94. The SMILES string of the molecule is CC(F)(F)C(F)(F)CC(F)(F)C(F)(F)C(C)(F)F. The van der Waals surface area contributed by atoms with Crippen molar-refractivity contribution in [3.63, 3.8) is 0 Å². The Morgan fingerprint density at radius 2 is 0.889 bits per heavy atom. The molecule has 10 heteroatoms. The molecular formula is C8H8F10. The van der Waals surface area contributed by atoms with Crippen LogP contribution in [0.25, 0.3) is 0 Å². The van der Waals surface area contributed by atoms with Crippen molar-refractivity contribution in [3.05, 3.63) is 0 Å². The topological polar surface area (TPSA) is 0 Å². The zero-order chi connectivity index (χ0) is 15.2. The molecule has 0 aromatic carbocycles. The van der Waals surface area contributed by atoms with Gasteiger partial charge < -0.3 is 0 Å². The molecule has 18 heavy (non-hydrogen) atoms. The molecule has 0 fully saturated rings. The van der Waals surface area contributed by atoms with Crippen LogP contribution < -0.4 is 0 Å². The number of alkyl halides is 10. The number of hydrogen-bond acceptors (Lipinski definition) is 0. The van der Waals surface area contributed by atoms with Crippen LogP contribution in [0.15, 0.2) is 0 Å². The second kappa shape index (κ2) is 4.16. The molecule has 0 saturated heterocycles. The van der Waals surface area contributed by atoms with Crippen molar-refractivity contribution >= 4 is 0 Å². The van der Waals surface area contributed by atoms with Crippen molar-refractivity contribution in [2.24, 2.45) is 0 Å². The van der Waals surface area contributed by atoms with Gasteiger partial charge in [0, 0.05) is 13.8 Å². The maximum atomic E-state index is 12.7. The summed E-state index contributed by atoms with van der Waals surface area (Å²) in [4.78, 5) is 0. The minimum Gasteiger partial charge on any atom is -0.200 e. The molecule has 0 aromatic rings. The lowest BCUT2D eigenvalue weighted by atomic mass is 9.97. The standard InChI is InChI=1S/C8H8F10/c1-4(9,10)6(13,14)3-7(15,16)8(17,18)5(2,11)12/h3H2,1-2H3. The van der Waals surface area contributed by atoms with Crippen molar-refractivity contribution < 1.29 is 43.9 Å². The third kappa shape index (κ3) is 3.00. The fourth-order valence-corrected chi connectivity index (χ4v) is 0.866. The van der Waals surface area contributed by atoms with Gasteiger partial charge in [0.15, 0.2) is 0 Å². The first-order valence-corrected chi connectivity index (χ1v) is 4.35. The van der Waals surface area contributed by atoms with E-state index in [0.29, 0.717) is 0 Å². The molecule has 0 atom stereocenters. The van der Waals surface area contributed by atoms with Crippen molar-refractivity contribution in [1.29, 1.82) is 0 Å². The summed E-state index contributed by atoms with van der Waals surface area (Å²) in [6.45, 7) is -1.10. The Kier molecular flexibility index (Phi) is 3.99. The summed E-state index contributed by atoms with van der Waals surface area (Å²) in [5.74, 6) is -28.1. The minimum absolute atomic E-state index is 0.481. The quantitative estimate of drug-likeness (QED) is 0.650. The predicted molar refractivity (Wildman–Crippen MR) is 40.7 cm³/mol. The van der Waals surface area contributed by atoms with Crippen LogP contribution in [0, 0.1) is 0 Å². The first-order valence-electron chi connectivity index (χ1n) is 4.35. The summed E-state index contributed by atoms with van der Waals surface area (Å²) < 4.78 is 124. The lowest BCUT2D eigenvalue weighted by Gasteiger charge is -2.34. The molecule has 0 saturated carbocycles. The highest BCUT2D eigenvalue weighted by molar-refractivity contribution is 4.98. The third-order valence-electron chi connectivity index (χ3n) is 2.10. The monoisotopic (exact) mass is 294 g/mol. The molecule has 0 bridgehead atoms. The Balaban J connectivity index is 5.33. The molecule has 0 aliphatic rings. The van der Waals surface area contributed by atoms with Crippen molar-refractivity contribution in [2.45, 2.75) is 49.9 Å². The van der Waals surface area contributed by atoms with Gasteiger partial charge in [-0.3, -0.25) is 0 Å². The zero-order valence-electron chi connectivity index (χ0n) is 8.99. The number of halogens is 10. The molecule has 0 N–H and O–H groups in total. The van der Waals surface area contributed by atoms with E-state index in [0.717, 1.165) is 0 Å². The van der Waals surface area contributed by atoms with E-state index in [1.54, 1.807) is 0 Å². The van der Waals surface area contributed by atoms with Crippen LogP contribution in [0.4, 0.5) is 43.9 Å². The predicted octanol–water partition coefficient (Wildman–Crippen LogP) is 4.59. The maximum Gasteiger partial charge on any atom is 0.371 e. The van der Waals surface area contributed by atoms with Gasteiger partial charge in [-0.2, -0.15) is 35.1 Å². The zero-order valence-corrected chi connectivity index (χ0v) is 8.99. The van der Waals surface area contributed by atoms with Crippen LogP contribution in [-0.4, -0.2) is 29.6 Å². The molecule has 0 amide bonds. The van der Waals surface area contributed by atoms with Crippen LogP contribution in [0.5, 0.6) is 0 Å². The molecule has 110 valence electrons. The van der Waals surface area contributed by atoms with Gasteiger partial charge >= 0.3 is 29.6 Å². The molecule has 0 rings (SSSR count). The lowest BCUT2D eigenvalue weighted by molar-refractivity contribution is -0.329. The van der Waals surface area contributed by atoms with Gasteiger partial charge in [0.1, 0.15) is 0 Å². The largest absolute Gasteiger partial charge is 0.371 e. The molecule has 0 unspecified atom stereocenters.